The first-order chi connectivity index (χ1) is 16.3. The van der Waals surface area contributed by atoms with Crippen LogP contribution in [0.25, 0.3) is 22.6 Å². The van der Waals surface area contributed by atoms with E-state index in [-0.39, 0.29) is 29.4 Å². The molecule has 34 heavy (non-hydrogen) atoms. The van der Waals surface area contributed by atoms with E-state index < -0.39 is 0 Å². The van der Waals surface area contributed by atoms with E-state index >= 15 is 0 Å². The summed E-state index contributed by atoms with van der Waals surface area (Å²) in [5.41, 5.74) is 9.50. The minimum absolute atomic E-state index is 0.0276. The van der Waals surface area contributed by atoms with Crippen LogP contribution in [0.5, 0.6) is 0 Å². The molecule has 0 saturated heterocycles. The van der Waals surface area contributed by atoms with Crippen molar-refractivity contribution in [3.8, 4) is 17.6 Å². The second-order valence-electron chi connectivity index (χ2n) is 9.68. The SMILES string of the molecule is CC(C)(C)[C@@H]1CCc2c(sc(NC(=O)Cn3c(-c4nonc4N)nc4ccccc43)c2C#N)C1. The average molecular weight is 476 g/mol. The molecule has 9 nitrogen and oxygen atoms in total. The Balaban J connectivity index is 1.45. The Morgan fingerprint density at radius 3 is 2.85 bits per heavy atom. The number of nitrogens with one attached hydrogen (secondary N) is 1. The molecule has 1 atom stereocenters. The van der Waals surface area contributed by atoms with Crippen molar-refractivity contribution in [3.05, 3.63) is 40.3 Å². The van der Waals surface area contributed by atoms with Gasteiger partial charge >= 0.3 is 0 Å². The van der Waals surface area contributed by atoms with Crippen LogP contribution in [0, 0.1) is 22.7 Å². The molecule has 0 spiro atoms. The summed E-state index contributed by atoms with van der Waals surface area (Å²) in [7, 11) is 0. The molecule has 3 N–H and O–H groups in total. The van der Waals surface area contributed by atoms with Crippen molar-refractivity contribution in [2.75, 3.05) is 11.1 Å². The topological polar surface area (TPSA) is 136 Å². The quantitative estimate of drug-likeness (QED) is 0.447. The number of nitrogen functional groups attached to an aromatic ring is 1. The molecule has 5 rings (SSSR count). The molecule has 10 heteroatoms. The Morgan fingerprint density at radius 2 is 2.15 bits per heavy atom. The number of para-hydroxylation sites is 2. The van der Waals surface area contributed by atoms with Crippen LogP contribution in [0.1, 0.15) is 43.2 Å². The number of amides is 1. The Hall–Kier alpha value is -3.71. The van der Waals surface area contributed by atoms with E-state index in [4.69, 9.17) is 10.4 Å². The Kier molecular flexibility index (Phi) is 5.37. The van der Waals surface area contributed by atoms with E-state index in [9.17, 15) is 10.1 Å². The molecule has 3 heterocycles. The Labute approximate surface area is 200 Å². The molecular formula is C24H25N7O2S. The molecule has 3 aromatic heterocycles. The lowest BCUT2D eigenvalue weighted by atomic mass is 9.72. The van der Waals surface area contributed by atoms with Crippen molar-refractivity contribution < 1.29 is 9.42 Å². The predicted molar refractivity (Wildman–Crippen MR) is 130 cm³/mol. The van der Waals surface area contributed by atoms with E-state index in [1.54, 1.807) is 4.57 Å². The molecule has 0 bridgehead atoms. The second-order valence-corrected chi connectivity index (χ2v) is 10.8. The molecule has 174 valence electrons. The van der Waals surface area contributed by atoms with E-state index in [0.29, 0.717) is 27.8 Å². The number of nitrogens with zero attached hydrogens (tertiary/aromatic N) is 5. The van der Waals surface area contributed by atoms with Gasteiger partial charge in [0.15, 0.2) is 17.3 Å². The van der Waals surface area contributed by atoms with Gasteiger partial charge in [0.2, 0.25) is 5.91 Å². The number of aromatic nitrogens is 4. The summed E-state index contributed by atoms with van der Waals surface area (Å²) in [5, 5.41) is 20.9. The van der Waals surface area contributed by atoms with E-state index in [1.807, 2.05) is 24.3 Å². The van der Waals surface area contributed by atoms with E-state index in [1.165, 1.54) is 16.2 Å². The number of carbonyl (C=O) groups is 1. The van der Waals surface area contributed by atoms with Gasteiger partial charge in [0.25, 0.3) is 0 Å². The third-order valence-corrected chi connectivity index (χ3v) is 7.71. The lowest BCUT2D eigenvalue weighted by molar-refractivity contribution is -0.116. The van der Waals surface area contributed by atoms with Crippen molar-refractivity contribution in [1.82, 2.24) is 19.9 Å². The lowest BCUT2D eigenvalue weighted by Gasteiger charge is -2.33. The molecule has 0 radical (unpaired) electrons. The number of carbonyl (C=O) groups excluding carboxylic acids is 1. The molecule has 1 amide bonds. The number of nitrogens with two attached hydrogens (primary N) is 1. The fourth-order valence-electron chi connectivity index (χ4n) is 4.61. The number of imidazole rings is 1. The number of anilines is 2. The first kappa shape index (κ1) is 22.1. The number of rotatable bonds is 4. The van der Waals surface area contributed by atoms with Crippen LogP contribution in [-0.2, 0) is 24.2 Å². The molecule has 4 aromatic rings. The number of benzene rings is 1. The molecule has 1 aliphatic rings. The minimum atomic E-state index is -0.262. The van der Waals surface area contributed by atoms with Crippen LogP contribution < -0.4 is 11.1 Å². The Bertz CT molecular complexity index is 1430. The highest BCUT2D eigenvalue weighted by atomic mass is 32.1. The largest absolute Gasteiger partial charge is 0.379 e. The van der Waals surface area contributed by atoms with Crippen LogP contribution in [-0.4, -0.2) is 25.8 Å². The maximum absolute atomic E-state index is 13.2. The lowest BCUT2D eigenvalue weighted by Crippen LogP contribution is -2.26. The number of fused-ring (bicyclic) bond motifs is 2. The smallest absolute Gasteiger partial charge is 0.245 e. The number of hydrogen-bond acceptors (Lipinski definition) is 8. The van der Waals surface area contributed by atoms with Crippen LogP contribution in [0.3, 0.4) is 0 Å². The fourth-order valence-corrected chi connectivity index (χ4v) is 5.90. The highest BCUT2D eigenvalue weighted by Crippen LogP contribution is 2.44. The molecule has 1 aliphatic carbocycles. The number of nitriles is 1. The summed E-state index contributed by atoms with van der Waals surface area (Å²) in [6.45, 7) is 6.75. The number of thiophene rings is 1. The highest BCUT2D eigenvalue weighted by molar-refractivity contribution is 7.16. The normalized spacial score (nSPS) is 15.8. The third-order valence-electron chi connectivity index (χ3n) is 6.54. The van der Waals surface area contributed by atoms with Crippen LogP contribution >= 0.6 is 11.3 Å². The maximum atomic E-state index is 13.2. The van der Waals surface area contributed by atoms with Crippen molar-refractivity contribution >= 4 is 39.1 Å². The summed E-state index contributed by atoms with van der Waals surface area (Å²) in [4.78, 5) is 19.0. The van der Waals surface area contributed by atoms with Gasteiger partial charge in [-0.2, -0.15) is 5.26 Å². The van der Waals surface area contributed by atoms with Gasteiger partial charge in [-0.05, 0) is 58.6 Å². The van der Waals surface area contributed by atoms with Crippen molar-refractivity contribution in [3.63, 3.8) is 0 Å². The summed E-state index contributed by atoms with van der Waals surface area (Å²) >= 11 is 1.52. The number of hydrogen-bond donors (Lipinski definition) is 2. The summed E-state index contributed by atoms with van der Waals surface area (Å²) < 4.78 is 6.48. The zero-order valence-corrected chi connectivity index (χ0v) is 20.1. The summed E-state index contributed by atoms with van der Waals surface area (Å²) in [6, 6.07) is 9.79. The molecule has 0 unspecified atom stereocenters. The standard InChI is InChI=1S/C24H25N7O2S/c1-24(2,3)13-8-9-14-15(11-25)23(34-18(14)10-13)28-19(32)12-31-17-7-5-4-6-16(17)27-22(31)20-21(26)30-33-29-20/h4-7,13H,8-10,12H2,1-3H3,(H2,26,30)(H,28,32)/t13-/m1/s1. The van der Waals surface area contributed by atoms with Gasteiger partial charge < -0.3 is 15.6 Å². The predicted octanol–water partition coefficient (Wildman–Crippen LogP) is 4.39. The molecular weight excluding hydrogens is 450 g/mol. The molecule has 0 saturated carbocycles. The van der Waals surface area contributed by atoms with Gasteiger partial charge in [-0.1, -0.05) is 32.9 Å². The van der Waals surface area contributed by atoms with Gasteiger partial charge in [0.1, 0.15) is 17.6 Å². The van der Waals surface area contributed by atoms with Crippen molar-refractivity contribution in [1.29, 1.82) is 5.26 Å². The van der Waals surface area contributed by atoms with Gasteiger partial charge in [-0.25, -0.2) is 9.61 Å². The Morgan fingerprint density at radius 1 is 1.35 bits per heavy atom. The molecule has 0 fully saturated rings. The minimum Gasteiger partial charge on any atom is -0.379 e. The van der Waals surface area contributed by atoms with Gasteiger partial charge in [0.05, 0.1) is 16.6 Å². The fraction of sp³-hybridized carbons (Fsp3) is 0.375. The third kappa shape index (κ3) is 3.82. The van der Waals surface area contributed by atoms with Crippen LogP contribution in [0.15, 0.2) is 28.9 Å². The zero-order chi connectivity index (χ0) is 24.0. The summed E-state index contributed by atoms with van der Waals surface area (Å²) in [6.07, 6.45) is 2.84. The monoisotopic (exact) mass is 475 g/mol. The van der Waals surface area contributed by atoms with E-state index in [0.717, 1.165) is 30.3 Å². The van der Waals surface area contributed by atoms with Crippen molar-refractivity contribution in [2.24, 2.45) is 11.3 Å². The first-order valence-corrected chi connectivity index (χ1v) is 12.0. The van der Waals surface area contributed by atoms with Gasteiger partial charge in [-0.15, -0.1) is 11.3 Å². The van der Waals surface area contributed by atoms with E-state index in [2.05, 4.69) is 47.5 Å². The summed E-state index contributed by atoms with van der Waals surface area (Å²) in [5.74, 6) is 0.786. The highest BCUT2D eigenvalue weighted by Gasteiger charge is 2.32. The molecule has 0 aliphatic heterocycles. The van der Waals surface area contributed by atoms with Crippen molar-refractivity contribution in [2.45, 2.75) is 46.6 Å². The second kappa shape index (κ2) is 8.25. The maximum Gasteiger partial charge on any atom is 0.245 e. The van der Waals surface area contributed by atoms with Gasteiger partial charge in [0, 0.05) is 4.88 Å². The average Bonchev–Trinajstić information content (AvgIpc) is 3.47. The zero-order valence-electron chi connectivity index (χ0n) is 19.3. The first-order valence-electron chi connectivity index (χ1n) is 11.1. The van der Waals surface area contributed by atoms with Crippen LogP contribution in [0.2, 0.25) is 0 Å². The van der Waals surface area contributed by atoms with Crippen LogP contribution in [0.4, 0.5) is 10.8 Å². The molecule has 1 aromatic carbocycles. The van der Waals surface area contributed by atoms with Gasteiger partial charge in [-0.3, -0.25) is 4.79 Å².